The highest BCUT2D eigenvalue weighted by atomic mass is 19.3. The molecule has 0 aromatic heterocycles. The number of benzene rings is 1. The zero-order valence-electron chi connectivity index (χ0n) is 13.4. The first-order valence-corrected chi connectivity index (χ1v) is 8.39. The molecule has 0 N–H and O–H groups in total. The van der Waals surface area contributed by atoms with E-state index in [9.17, 15) is 13.6 Å². The van der Waals surface area contributed by atoms with Crippen molar-refractivity contribution >= 4 is 12.1 Å². The Morgan fingerprint density at radius 2 is 1.83 bits per heavy atom. The van der Waals surface area contributed by atoms with Gasteiger partial charge in [-0.05, 0) is 61.0 Å². The van der Waals surface area contributed by atoms with Crippen molar-refractivity contribution in [2.24, 2.45) is 17.3 Å². The molecule has 2 nitrogen and oxygen atoms in total. The molecular formula is C19H22F2O2. The number of halogens is 2. The van der Waals surface area contributed by atoms with Gasteiger partial charge in [-0.25, -0.2) is 4.79 Å². The molecule has 4 rings (SSSR count). The van der Waals surface area contributed by atoms with Gasteiger partial charge < -0.3 is 0 Å². The molecule has 4 heteroatoms. The SMILES string of the molecule is C[C@]12CC[C@@H]3c4ccccc4CC[C@H]3[C@@H]1CCC2=O.O=C(F)F. The first-order chi connectivity index (χ1) is 10.9. The van der Waals surface area contributed by atoms with Crippen LogP contribution in [0.1, 0.15) is 56.1 Å². The first kappa shape index (κ1) is 16.3. The predicted octanol–water partition coefficient (Wildman–Crippen LogP) is 5.16. The lowest BCUT2D eigenvalue weighted by Crippen LogP contribution is -2.42. The van der Waals surface area contributed by atoms with Crippen molar-refractivity contribution in [1.82, 2.24) is 0 Å². The molecule has 0 radical (unpaired) electrons. The van der Waals surface area contributed by atoms with E-state index in [0.717, 1.165) is 31.1 Å². The molecule has 0 bridgehead atoms. The molecular weight excluding hydrogens is 298 g/mol. The Balaban J connectivity index is 0.000000354. The van der Waals surface area contributed by atoms with Crippen LogP contribution in [-0.4, -0.2) is 12.1 Å². The van der Waals surface area contributed by atoms with Gasteiger partial charge in [0.15, 0.2) is 0 Å². The van der Waals surface area contributed by atoms with Crippen LogP contribution < -0.4 is 0 Å². The van der Waals surface area contributed by atoms with Gasteiger partial charge in [-0.1, -0.05) is 31.2 Å². The summed E-state index contributed by atoms with van der Waals surface area (Å²) in [4.78, 5) is 20.4. The van der Waals surface area contributed by atoms with Gasteiger partial charge in [0.1, 0.15) is 5.78 Å². The number of Topliss-reactive ketones (excluding diaryl/α,β-unsaturated/α-hetero) is 1. The smallest absolute Gasteiger partial charge is 0.299 e. The van der Waals surface area contributed by atoms with E-state index in [4.69, 9.17) is 4.79 Å². The summed E-state index contributed by atoms with van der Waals surface area (Å²) in [5.74, 6) is 2.70. The molecule has 0 heterocycles. The summed E-state index contributed by atoms with van der Waals surface area (Å²) >= 11 is 0. The number of carbonyl (C=O) groups is 2. The van der Waals surface area contributed by atoms with Crippen LogP contribution in [0.2, 0.25) is 0 Å². The largest absolute Gasteiger partial charge is 0.483 e. The van der Waals surface area contributed by atoms with Gasteiger partial charge >= 0.3 is 6.29 Å². The minimum atomic E-state index is -2.83. The summed E-state index contributed by atoms with van der Waals surface area (Å²) in [5, 5.41) is 0. The lowest BCUT2D eigenvalue weighted by molar-refractivity contribution is -0.129. The average Bonchev–Trinajstić information content (AvgIpc) is 2.82. The summed E-state index contributed by atoms with van der Waals surface area (Å²) in [6, 6.07) is 9.00. The minimum absolute atomic E-state index is 0.0213. The number of hydrogen-bond donors (Lipinski definition) is 0. The molecule has 0 amide bonds. The van der Waals surface area contributed by atoms with Crippen molar-refractivity contribution in [1.29, 1.82) is 0 Å². The van der Waals surface area contributed by atoms with E-state index in [1.165, 1.54) is 19.3 Å². The quantitative estimate of drug-likeness (QED) is 0.619. The third-order valence-electron chi connectivity index (χ3n) is 6.35. The predicted molar refractivity (Wildman–Crippen MR) is 83.7 cm³/mol. The number of hydrogen-bond acceptors (Lipinski definition) is 2. The zero-order chi connectivity index (χ0) is 16.6. The fourth-order valence-corrected chi connectivity index (χ4v) is 5.29. The van der Waals surface area contributed by atoms with E-state index in [1.807, 2.05) is 0 Å². The van der Waals surface area contributed by atoms with Gasteiger partial charge in [0.25, 0.3) is 0 Å². The number of rotatable bonds is 0. The van der Waals surface area contributed by atoms with E-state index in [2.05, 4.69) is 31.2 Å². The van der Waals surface area contributed by atoms with Gasteiger partial charge in [0.05, 0.1) is 0 Å². The van der Waals surface area contributed by atoms with Crippen molar-refractivity contribution in [3.8, 4) is 0 Å². The summed E-state index contributed by atoms with van der Waals surface area (Å²) in [7, 11) is 0. The summed E-state index contributed by atoms with van der Waals surface area (Å²) in [6.45, 7) is 2.25. The van der Waals surface area contributed by atoms with Crippen molar-refractivity contribution in [2.75, 3.05) is 0 Å². The fraction of sp³-hybridized carbons (Fsp3) is 0.579. The normalized spacial score (nSPS) is 34.6. The molecule has 2 fully saturated rings. The van der Waals surface area contributed by atoms with E-state index >= 15 is 0 Å². The van der Waals surface area contributed by atoms with Gasteiger partial charge in [0, 0.05) is 11.8 Å². The monoisotopic (exact) mass is 320 g/mol. The Morgan fingerprint density at radius 3 is 2.57 bits per heavy atom. The third kappa shape index (κ3) is 2.84. The summed E-state index contributed by atoms with van der Waals surface area (Å²) in [5.41, 5.74) is 3.19. The number of aryl methyl sites for hydroxylation is 1. The van der Waals surface area contributed by atoms with Gasteiger partial charge in [-0.2, -0.15) is 0 Å². The van der Waals surface area contributed by atoms with E-state index < -0.39 is 6.29 Å². The van der Waals surface area contributed by atoms with Crippen LogP contribution in [0.3, 0.4) is 0 Å². The Morgan fingerprint density at radius 1 is 1.13 bits per heavy atom. The van der Waals surface area contributed by atoms with Crippen LogP contribution in [0.25, 0.3) is 0 Å². The van der Waals surface area contributed by atoms with Crippen molar-refractivity contribution in [2.45, 2.75) is 51.4 Å². The maximum atomic E-state index is 12.3. The lowest BCUT2D eigenvalue weighted by atomic mass is 9.55. The van der Waals surface area contributed by atoms with Crippen LogP contribution >= 0.6 is 0 Å². The highest BCUT2D eigenvalue weighted by Gasteiger charge is 2.54. The van der Waals surface area contributed by atoms with Crippen LogP contribution in [0.15, 0.2) is 24.3 Å². The van der Waals surface area contributed by atoms with Crippen molar-refractivity contribution in [3.63, 3.8) is 0 Å². The number of fused-ring (bicyclic) bond motifs is 5. The standard InChI is InChI=1S/C18H22O.CF2O/c1-18-11-10-14-13-5-3-2-4-12(13)6-7-15(14)16(18)8-9-17(18)19;2-1(3)4/h2-5,14-16H,6-11H2,1H3;/t14-,15-,16+,18+;/m1./s1. The maximum Gasteiger partial charge on any atom is 0.483 e. The molecule has 23 heavy (non-hydrogen) atoms. The highest BCUT2D eigenvalue weighted by Crippen LogP contribution is 2.59. The zero-order valence-corrected chi connectivity index (χ0v) is 13.4. The Kier molecular flexibility index (Phi) is 4.35. The molecule has 3 aliphatic carbocycles. The van der Waals surface area contributed by atoms with Crippen molar-refractivity contribution in [3.05, 3.63) is 35.4 Å². The van der Waals surface area contributed by atoms with E-state index in [1.54, 1.807) is 11.1 Å². The van der Waals surface area contributed by atoms with Gasteiger partial charge in [-0.3, -0.25) is 4.79 Å². The van der Waals surface area contributed by atoms with E-state index in [-0.39, 0.29) is 5.41 Å². The van der Waals surface area contributed by atoms with Crippen molar-refractivity contribution < 1.29 is 18.4 Å². The number of carbonyl (C=O) groups excluding carboxylic acids is 2. The molecule has 124 valence electrons. The fourth-order valence-electron chi connectivity index (χ4n) is 5.29. The highest BCUT2D eigenvalue weighted by molar-refractivity contribution is 5.87. The maximum absolute atomic E-state index is 12.3. The summed E-state index contributed by atoms with van der Waals surface area (Å²) in [6.07, 6.45) is 4.02. The topological polar surface area (TPSA) is 34.1 Å². The first-order valence-electron chi connectivity index (χ1n) is 8.39. The van der Waals surface area contributed by atoms with Crippen LogP contribution in [0.5, 0.6) is 0 Å². The Labute approximate surface area is 135 Å². The second-order valence-electron chi connectivity index (χ2n) is 7.26. The molecule has 0 spiro atoms. The molecule has 3 aliphatic rings. The van der Waals surface area contributed by atoms with Crippen LogP contribution in [-0.2, 0) is 11.2 Å². The van der Waals surface area contributed by atoms with Crippen LogP contribution in [0.4, 0.5) is 13.6 Å². The molecule has 1 aromatic carbocycles. The molecule has 0 unspecified atom stereocenters. The van der Waals surface area contributed by atoms with E-state index in [0.29, 0.717) is 11.7 Å². The molecule has 0 saturated heterocycles. The second kappa shape index (κ2) is 6.14. The second-order valence-corrected chi connectivity index (χ2v) is 7.26. The molecule has 0 aliphatic heterocycles. The van der Waals surface area contributed by atoms with Gasteiger partial charge in [0.2, 0.25) is 0 Å². The van der Waals surface area contributed by atoms with Crippen LogP contribution in [0, 0.1) is 17.3 Å². The average molecular weight is 320 g/mol. The molecule has 1 aromatic rings. The molecule has 2 saturated carbocycles. The Hall–Kier alpha value is -1.58. The Bertz CT molecular complexity index is 624. The lowest BCUT2D eigenvalue weighted by Gasteiger charge is -2.48. The molecule has 4 atom stereocenters. The third-order valence-corrected chi connectivity index (χ3v) is 6.35. The minimum Gasteiger partial charge on any atom is -0.299 e. The summed E-state index contributed by atoms with van der Waals surface area (Å²) < 4.78 is 19.4. The van der Waals surface area contributed by atoms with Gasteiger partial charge in [-0.15, -0.1) is 8.78 Å². The number of ketones is 1.